The number of carbonyl (C=O) groups is 1. The second kappa shape index (κ2) is 5.05. The van der Waals surface area contributed by atoms with Crippen LogP contribution >= 0.6 is 0 Å². The highest BCUT2D eigenvalue weighted by atomic mass is 16.5. The van der Waals surface area contributed by atoms with E-state index in [1.165, 1.54) is 13.2 Å². The highest BCUT2D eigenvalue weighted by molar-refractivity contribution is 5.92. The zero-order valence-corrected chi connectivity index (χ0v) is 10.2. The number of ether oxygens (including phenoxy) is 2. The molecule has 0 saturated carbocycles. The number of rotatable bonds is 5. The summed E-state index contributed by atoms with van der Waals surface area (Å²) in [4.78, 5) is 11.1. The van der Waals surface area contributed by atoms with E-state index < -0.39 is 11.6 Å². The number of hydrogen-bond acceptors (Lipinski definition) is 4. The number of benzene rings is 1. The maximum atomic E-state index is 11.1. The maximum Gasteiger partial charge on any atom is 0.339 e. The lowest BCUT2D eigenvalue weighted by Crippen LogP contribution is -2.37. The normalized spacial score (nSPS) is 11.1. The molecule has 0 amide bonds. The van der Waals surface area contributed by atoms with Gasteiger partial charge in [0.05, 0.1) is 7.11 Å². The molecule has 0 atom stereocenters. The number of nitrogens with two attached hydrogens (primary N) is 1. The summed E-state index contributed by atoms with van der Waals surface area (Å²) < 4.78 is 10.7. The molecule has 0 unspecified atom stereocenters. The SMILES string of the molecule is COc1cccc(C(=O)O)c1OC(C)(C)CN. The maximum absolute atomic E-state index is 11.1. The third-order valence-corrected chi connectivity index (χ3v) is 2.30. The fourth-order valence-electron chi connectivity index (χ4n) is 1.27. The summed E-state index contributed by atoms with van der Waals surface area (Å²) >= 11 is 0. The first kappa shape index (κ1) is 13.3. The lowest BCUT2D eigenvalue weighted by molar-refractivity contribution is 0.0674. The van der Waals surface area contributed by atoms with Crippen LogP contribution in [0, 0.1) is 0 Å². The number of hydrogen-bond donors (Lipinski definition) is 2. The lowest BCUT2D eigenvalue weighted by atomic mass is 10.1. The molecule has 0 saturated heterocycles. The minimum absolute atomic E-state index is 0.0610. The van der Waals surface area contributed by atoms with Crippen molar-refractivity contribution in [3.63, 3.8) is 0 Å². The molecule has 94 valence electrons. The van der Waals surface area contributed by atoms with E-state index in [9.17, 15) is 4.79 Å². The van der Waals surface area contributed by atoms with Crippen LogP contribution in [0.25, 0.3) is 0 Å². The van der Waals surface area contributed by atoms with Crippen molar-refractivity contribution >= 4 is 5.97 Å². The molecular weight excluding hydrogens is 222 g/mol. The Balaban J connectivity index is 3.23. The van der Waals surface area contributed by atoms with Gasteiger partial charge in [-0.05, 0) is 26.0 Å². The molecular formula is C12H17NO4. The van der Waals surface area contributed by atoms with E-state index in [-0.39, 0.29) is 17.9 Å². The minimum Gasteiger partial charge on any atom is -0.493 e. The van der Waals surface area contributed by atoms with Crippen LogP contribution in [0.15, 0.2) is 18.2 Å². The number of methoxy groups -OCH3 is 1. The second-order valence-corrected chi connectivity index (χ2v) is 4.21. The fourth-order valence-corrected chi connectivity index (χ4v) is 1.27. The smallest absolute Gasteiger partial charge is 0.339 e. The average molecular weight is 239 g/mol. The fraction of sp³-hybridized carbons (Fsp3) is 0.417. The highest BCUT2D eigenvalue weighted by Crippen LogP contribution is 2.33. The average Bonchev–Trinajstić information content (AvgIpc) is 2.28. The van der Waals surface area contributed by atoms with Crippen molar-refractivity contribution in [1.29, 1.82) is 0 Å². The van der Waals surface area contributed by atoms with Gasteiger partial charge in [0.25, 0.3) is 0 Å². The number of carboxylic acid groups (broad SMARTS) is 1. The topological polar surface area (TPSA) is 81.8 Å². The van der Waals surface area contributed by atoms with Crippen molar-refractivity contribution in [3.05, 3.63) is 23.8 Å². The van der Waals surface area contributed by atoms with Crippen molar-refractivity contribution in [2.45, 2.75) is 19.4 Å². The van der Waals surface area contributed by atoms with Crippen LogP contribution < -0.4 is 15.2 Å². The predicted octanol–water partition coefficient (Wildman–Crippen LogP) is 1.51. The van der Waals surface area contributed by atoms with E-state index in [2.05, 4.69) is 0 Å². The molecule has 0 spiro atoms. The first-order chi connectivity index (χ1) is 7.91. The molecule has 0 aromatic heterocycles. The molecule has 0 aliphatic carbocycles. The largest absolute Gasteiger partial charge is 0.493 e. The summed E-state index contributed by atoms with van der Waals surface area (Å²) in [5.74, 6) is -0.476. The first-order valence-electron chi connectivity index (χ1n) is 5.20. The Bertz CT molecular complexity index is 415. The molecule has 0 radical (unpaired) electrons. The molecule has 0 bridgehead atoms. The highest BCUT2D eigenvalue weighted by Gasteiger charge is 2.24. The van der Waals surface area contributed by atoms with Crippen LogP contribution in [0.2, 0.25) is 0 Å². The summed E-state index contributed by atoms with van der Waals surface area (Å²) in [5.41, 5.74) is 4.97. The monoisotopic (exact) mass is 239 g/mol. The molecule has 0 aliphatic rings. The minimum atomic E-state index is -1.06. The first-order valence-corrected chi connectivity index (χ1v) is 5.20. The van der Waals surface area contributed by atoms with Crippen LogP contribution in [-0.2, 0) is 0 Å². The van der Waals surface area contributed by atoms with Crippen molar-refractivity contribution in [2.24, 2.45) is 5.73 Å². The Kier molecular flexibility index (Phi) is 3.96. The molecule has 5 nitrogen and oxygen atoms in total. The molecule has 1 aromatic rings. The van der Waals surface area contributed by atoms with E-state index >= 15 is 0 Å². The van der Waals surface area contributed by atoms with Gasteiger partial charge in [0.15, 0.2) is 11.5 Å². The van der Waals surface area contributed by atoms with Crippen molar-refractivity contribution in [2.75, 3.05) is 13.7 Å². The van der Waals surface area contributed by atoms with Crippen molar-refractivity contribution < 1.29 is 19.4 Å². The van der Waals surface area contributed by atoms with Crippen molar-refractivity contribution in [1.82, 2.24) is 0 Å². The van der Waals surface area contributed by atoms with Gasteiger partial charge in [0.2, 0.25) is 0 Å². The van der Waals surface area contributed by atoms with E-state index in [4.69, 9.17) is 20.3 Å². The van der Waals surface area contributed by atoms with Gasteiger partial charge in [-0.2, -0.15) is 0 Å². The summed E-state index contributed by atoms with van der Waals surface area (Å²) in [6.45, 7) is 3.83. The van der Waals surface area contributed by atoms with Gasteiger partial charge < -0.3 is 20.3 Å². The number of carboxylic acids is 1. The molecule has 0 aliphatic heterocycles. The molecule has 1 rings (SSSR count). The van der Waals surface area contributed by atoms with Gasteiger partial charge in [0, 0.05) is 6.54 Å². The third-order valence-electron chi connectivity index (χ3n) is 2.30. The van der Waals surface area contributed by atoms with Gasteiger partial charge in [-0.1, -0.05) is 6.07 Å². The van der Waals surface area contributed by atoms with E-state index in [1.807, 2.05) is 0 Å². The van der Waals surface area contributed by atoms with Gasteiger partial charge in [-0.25, -0.2) is 4.79 Å². The second-order valence-electron chi connectivity index (χ2n) is 4.21. The third kappa shape index (κ3) is 3.10. The molecule has 0 fully saturated rings. The van der Waals surface area contributed by atoms with Gasteiger partial charge in [-0.15, -0.1) is 0 Å². The Morgan fingerprint density at radius 3 is 2.59 bits per heavy atom. The number of para-hydroxylation sites is 1. The van der Waals surface area contributed by atoms with Gasteiger partial charge in [0.1, 0.15) is 11.2 Å². The Labute approximate surface area is 100 Å². The molecule has 0 heterocycles. The van der Waals surface area contributed by atoms with Crippen molar-refractivity contribution in [3.8, 4) is 11.5 Å². The summed E-state index contributed by atoms with van der Waals surface area (Å²) in [6, 6.07) is 4.71. The number of aromatic carboxylic acids is 1. The molecule has 5 heteroatoms. The zero-order chi connectivity index (χ0) is 13.1. The van der Waals surface area contributed by atoms with Crippen LogP contribution in [0.3, 0.4) is 0 Å². The predicted molar refractivity (Wildman–Crippen MR) is 63.7 cm³/mol. The quantitative estimate of drug-likeness (QED) is 0.813. The van der Waals surface area contributed by atoms with E-state index in [0.717, 1.165) is 0 Å². The Hall–Kier alpha value is -1.75. The zero-order valence-electron chi connectivity index (χ0n) is 10.2. The molecule has 1 aromatic carbocycles. The van der Waals surface area contributed by atoms with Crippen LogP contribution in [0.1, 0.15) is 24.2 Å². The van der Waals surface area contributed by atoms with Crippen LogP contribution in [0.4, 0.5) is 0 Å². The van der Waals surface area contributed by atoms with Gasteiger partial charge >= 0.3 is 5.97 Å². The van der Waals surface area contributed by atoms with E-state index in [0.29, 0.717) is 5.75 Å². The summed E-state index contributed by atoms with van der Waals surface area (Å²) in [7, 11) is 1.46. The lowest BCUT2D eigenvalue weighted by Gasteiger charge is -2.26. The molecule has 3 N–H and O–H groups in total. The Morgan fingerprint density at radius 1 is 1.47 bits per heavy atom. The van der Waals surface area contributed by atoms with E-state index in [1.54, 1.807) is 26.0 Å². The van der Waals surface area contributed by atoms with Crippen LogP contribution in [-0.4, -0.2) is 30.3 Å². The van der Waals surface area contributed by atoms with Crippen LogP contribution in [0.5, 0.6) is 11.5 Å². The summed E-state index contributed by atoms with van der Waals surface area (Å²) in [5, 5.41) is 9.09. The Morgan fingerprint density at radius 2 is 2.12 bits per heavy atom. The standard InChI is InChI=1S/C12H17NO4/c1-12(2,7-13)17-10-8(11(14)15)5-4-6-9(10)16-3/h4-6H,7,13H2,1-3H3,(H,14,15). The van der Waals surface area contributed by atoms with Gasteiger partial charge in [-0.3, -0.25) is 0 Å². The molecule has 17 heavy (non-hydrogen) atoms. The summed E-state index contributed by atoms with van der Waals surface area (Å²) in [6.07, 6.45) is 0.